The van der Waals surface area contributed by atoms with Crippen LogP contribution < -0.4 is 5.11 Å². The number of hydrogen-bond donors (Lipinski definition) is 0. The van der Waals surface area contributed by atoms with Crippen LogP contribution in [0.25, 0.3) is 0 Å². The van der Waals surface area contributed by atoms with E-state index < -0.39 is 18.1 Å². The average molecular weight is 750 g/mol. The highest BCUT2D eigenvalue weighted by Crippen LogP contribution is 2.11. The van der Waals surface area contributed by atoms with Crippen LogP contribution in [-0.2, 0) is 28.6 Å². The molecule has 0 aromatic carbocycles. The van der Waals surface area contributed by atoms with E-state index >= 15 is 0 Å². The molecule has 2 atom stereocenters. The number of unbranched alkanes of at least 4 members (excludes halogenated alkanes) is 8. The smallest absolute Gasteiger partial charge is 0.306 e. The quantitative estimate of drug-likeness (QED) is 0.0285. The van der Waals surface area contributed by atoms with Gasteiger partial charge in [-0.2, -0.15) is 0 Å². The standard InChI is InChI=1S/C46H71NO7/c1-6-8-10-12-14-16-18-20-21-22-23-25-27-29-31-33-35-37-45(49)54-42(40-52-39-38-43(46(50)51)47(3,4)5)41-53-44(48)36-34-32-30-28-26-24-19-17-15-13-11-9-7-2/h8-23,25,27,42-43H,6-7,24,26,28-41H2,1-5H3/b10-8+,11-9+,14-12+,15-13+,18-16+,19-17+,21-20+,23-22+,27-25+. The van der Waals surface area contributed by atoms with Crippen LogP contribution in [0.5, 0.6) is 0 Å². The number of carboxylic acids is 1. The maximum absolute atomic E-state index is 12.7. The van der Waals surface area contributed by atoms with Gasteiger partial charge in [0.2, 0.25) is 0 Å². The van der Waals surface area contributed by atoms with Crippen LogP contribution in [0.2, 0.25) is 0 Å². The number of carboxylic acid groups (broad SMARTS) is 1. The Morgan fingerprint density at radius 3 is 1.46 bits per heavy atom. The van der Waals surface area contributed by atoms with Gasteiger partial charge in [0.25, 0.3) is 0 Å². The van der Waals surface area contributed by atoms with Crippen LogP contribution in [-0.4, -0.2) is 75.5 Å². The Bertz CT molecular complexity index is 1240. The summed E-state index contributed by atoms with van der Waals surface area (Å²) >= 11 is 0. The zero-order valence-electron chi connectivity index (χ0n) is 34.1. The van der Waals surface area contributed by atoms with Gasteiger partial charge in [-0.15, -0.1) is 0 Å². The predicted molar refractivity (Wildman–Crippen MR) is 221 cm³/mol. The average Bonchev–Trinajstić information content (AvgIpc) is 3.12. The summed E-state index contributed by atoms with van der Waals surface area (Å²) in [6.07, 6.45) is 48.3. The Morgan fingerprint density at radius 1 is 0.556 bits per heavy atom. The zero-order chi connectivity index (χ0) is 40.0. The van der Waals surface area contributed by atoms with E-state index in [1.807, 2.05) is 72.9 Å². The van der Waals surface area contributed by atoms with E-state index in [-0.39, 0.29) is 49.1 Å². The molecular weight excluding hydrogens is 679 g/mol. The molecule has 54 heavy (non-hydrogen) atoms. The van der Waals surface area contributed by atoms with Crippen LogP contribution in [0.4, 0.5) is 0 Å². The Hall–Kier alpha value is -4.01. The number of allylic oxidation sites excluding steroid dienone is 18. The molecule has 302 valence electrons. The molecular formula is C46H71NO7. The van der Waals surface area contributed by atoms with Gasteiger partial charge < -0.3 is 28.6 Å². The summed E-state index contributed by atoms with van der Waals surface area (Å²) in [5, 5.41) is 11.6. The Balaban J connectivity index is 4.57. The van der Waals surface area contributed by atoms with Gasteiger partial charge in [0.15, 0.2) is 6.10 Å². The van der Waals surface area contributed by atoms with E-state index in [1.54, 1.807) is 21.1 Å². The first-order valence-electron chi connectivity index (χ1n) is 20.0. The highest BCUT2D eigenvalue weighted by molar-refractivity contribution is 5.70. The van der Waals surface area contributed by atoms with E-state index in [2.05, 4.69) is 50.3 Å². The summed E-state index contributed by atoms with van der Waals surface area (Å²) in [5.41, 5.74) is 0. The van der Waals surface area contributed by atoms with Gasteiger partial charge in [0.05, 0.1) is 40.3 Å². The van der Waals surface area contributed by atoms with Crippen molar-refractivity contribution in [3.8, 4) is 0 Å². The molecule has 0 saturated heterocycles. The Morgan fingerprint density at radius 2 is 0.981 bits per heavy atom. The van der Waals surface area contributed by atoms with Crippen molar-refractivity contribution in [1.82, 2.24) is 0 Å². The summed E-state index contributed by atoms with van der Waals surface area (Å²) in [4.78, 5) is 36.7. The van der Waals surface area contributed by atoms with Gasteiger partial charge >= 0.3 is 11.9 Å². The molecule has 0 aliphatic carbocycles. The molecule has 0 amide bonds. The number of esters is 2. The van der Waals surface area contributed by atoms with Crippen LogP contribution in [0, 0.1) is 0 Å². The lowest BCUT2D eigenvalue weighted by molar-refractivity contribution is -0.889. The van der Waals surface area contributed by atoms with Crippen LogP contribution in [0.1, 0.15) is 110 Å². The van der Waals surface area contributed by atoms with Gasteiger partial charge in [-0.25, -0.2) is 0 Å². The topological polar surface area (TPSA) is 102 Å². The molecule has 8 nitrogen and oxygen atoms in total. The lowest BCUT2D eigenvalue weighted by Crippen LogP contribution is -2.55. The van der Waals surface area contributed by atoms with Gasteiger partial charge in [-0.3, -0.25) is 9.59 Å². The molecule has 0 heterocycles. The number of carbonyl (C=O) groups is 3. The Labute approximate surface area is 328 Å². The first kappa shape index (κ1) is 50.0. The van der Waals surface area contributed by atoms with Crippen molar-refractivity contribution >= 4 is 17.9 Å². The molecule has 8 heteroatoms. The van der Waals surface area contributed by atoms with Gasteiger partial charge in [0.1, 0.15) is 12.6 Å². The fraction of sp³-hybridized carbons (Fsp3) is 0.543. The highest BCUT2D eigenvalue weighted by atomic mass is 16.6. The third-order valence-corrected chi connectivity index (χ3v) is 8.13. The fourth-order valence-corrected chi connectivity index (χ4v) is 5.04. The zero-order valence-corrected chi connectivity index (χ0v) is 34.1. The van der Waals surface area contributed by atoms with Crippen molar-refractivity contribution in [1.29, 1.82) is 0 Å². The van der Waals surface area contributed by atoms with Crippen molar-refractivity contribution in [2.45, 2.75) is 122 Å². The van der Waals surface area contributed by atoms with Crippen molar-refractivity contribution in [2.24, 2.45) is 0 Å². The van der Waals surface area contributed by atoms with Crippen LogP contribution in [0.15, 0.2) is 109 Å². The van der Waals surface area contributed by atoms with E-state index in [0.29, 0.717) is 12.8 Å². The van der Waals surface area contributed by atoms with Crippen molar-refractivity contribution < 1.29 is 38.2 Å². The predicted octanol–water partition coefficient (Wildman–Crippen LogP) is 9.18. The van der Waals surface area contributed by atoms with Gasteiger partial charge in [-0.05, 0) is 51.4 Å². The van der Waals surface area contributed by atoms with Crippen LogP contribution >= 0.6 is 0 Å². The van der Waals surface area contributed by atoms with E-state index in [9.17, 15) is 19.5 Å². The summed E-state index contributed by atoms with van der Waals surface area (Å²) in [5.74, 6) is -1.84. The molecule has 0 aliphatic heterocycles. The second kappa shape index (κ2) is 36.0. The largest absolute Gasteiger partial charge is 0.544 e. The molecule has 0 aromatic rings. The van der Waals surface area contributed by atoms with Crippen LogP contribution in [0.3, 0.4) is 0 Å². The van der Waals surface area contributed by atoms with Crippen molar-refractivity contribution in [2.75, 3.05) is 41.0 Å². The number of aliphatic carboxylic acids is 1. The molecule has 0 radical (unpaired) electrons. The summed E-state index contributed by atoms with van der Waals surface area (Å²) in [6.45, 7) is 4.27. The molecule has 0 aliphatic rings. The minimum absolute atomic E-state index is 0.00703. The summed E-state index contributed by atoms with van der Waals surface area (Å²) in [6, 6.07) is -0.744. The lowest BCUT2D eigenvalue weighted by Gasteiger charge is -2.34. The van der Waals surface area contributed by atoms with Gasteiger partial charge in [-0.1, -0.05) is 149 Å². The molecule has 0 spiro atoms. The number of quaternary nitrogens is 1. The number of rotatable bonds is 33. The minimum Gasteiger partial charge on any atom is -0.544 e. The summed E-state index contributed by atoms with van der Waals surface area (Å²) < 4.78 is 17.0. The van der Waals surface area contributed by atoms with Crippen molar-refractivity contribution in [3.05, 3.63) is 109 Å². The third kappa shape index (κ3) is 33.8. The molecule has 0 fully saturated rings. The van der Waals surface area contributed by atoms with E-state index in [0.717, 1.165) is 70.6 Å². The number of carbonyl (C=O) groups excluding carboxylic acids is 3. The monoisotopic (exact) mass is 750 g/mol. The van der Waals surface area contributed by atoms with Gasteiger partial charge in [0, 0.05) is 19.3 Å². The first-order valence-corrected chi connectivity index (χ1v) is 20.0. The first-order chi connectivity index (χ1) is 26.1. The normalized spacial score (nSPS) is 14.2. The number of ether oxygens (including phenoxy) is 3. The third-order valence-electron chi connectivity index (χ3n) is 8.13. The molecule has 2 unspecified atom stereocenters. The number of nitrogens with zero attached hydrogens (tertiary/aromatic N) is 1. The molecule has 0 N–H and O–H groups in total. The number of hydrogen-bond acceptors (Lipinski definition) is 7. The second-order valence-corrected chi connectivity index (χ2v) is 14.0. The maximum atomic E-state index is 12.7. The maximum Gasteiger partial charge on any atom is 0.306 e. The number of likely N-dealkylation sites (N-methyl/N-ethyl adjacent to an activating group) is 1. The molecule has 0 bridgehead atoms. The lowest BCUT2D eigenvalue weighted by atomic mass is 10.1. The minimum atomic E-state index is -1.14. The van der Waals surface area contributed by atoms with E-state index in [1.165, 1.54) is 0 Å². The fourth-order valence-electron chi connectivity index (χ4n) is 5.04. The highest BCUT2D eigenvalue weighted by Gasteiger charge is 2.25. The summed E-state index contributed by atoms with van der Waals surface area (Å²) in [7, 11) is 5.36. The Kier molecular flexibility index (Phi) is 33.3. The molecule has 0 rings (SSSR count). The molecule has 0 saturated carbocycles. The molecule has 0 aromatic heterocycles. The van der Waals surface area contributed by atoms with Crippen molar-refractivity contribution in [3.63, 3.8) is 0 Å². The van der Waals surface area contributed by atoms with E-state index in [4.69, 9.17) is 14.2 Å². The second-order valence-electron chi connectivity index (χ2n) is 14.0. The SMILES string of the molecule is CC/C=C/C=C/C=C/C=C/C=C/C=C/CCCCCC(=O)OC(COCCC(C(=O)[O-])[N+](C)(C)C)COC(=O)CCCCCCC/C=C/C=C/C=C/CC.